The molecule has 1 heterocycles. The lowest BCUT2D eigenvalue weighted by Gasteiger charge is -2.52. The van der Waals surface area contributed by atoms with Gasteiger partial charge in [0, 0.05) is 24.6 Å². The Kier molecular flexibility index (Phi) is 3.85. The second-order valence-corrected chi connectivity index (χ2v) is 8.16. The molecule has 0 aromatic heterocycles. The molecule has 2 N–H and O–H groups in total. The molecule has 1 saturated carbocycles. The molecule has 0 spiro atoms. The van der Waals surface area contributed by atoms with Gasteiger partial charge in [0.2, 0.25) is 0 Å². The van der Waals surface area contributed by atoms with Crippen LogP contribution in [0.5, 0.6) is 11.5 Å². The van der Waals surface area contributed by atoms with Gasteiger partial charge in [-0.25, -0.2) is 0 Å². The summed E-state index contributed by atoms with van der Waals surface area (Å²) in [6.45, 7) is 8.27. The van der Waals surface area contributed by atoms with Crippen LogP contribution in [0.25, 0.3) is 0 Å². The average molecular weight is 345 g/mol. The van der Waals surface area contributed by atoms with Crippen molar-refractivity contribution in [1.82, 2.24) is 4.90 Å². The lowest BCUT2D eigenvalue weighted by molar-refractivity contribution is -0.147. The molecule has 136 valence electrons. The van der Waals surface area contributed by atoms with Crippen molar-refractivity contribution in [2.24, 2.45) is 5.92 Å². The monoisotopic (exact) mass is 345 g/mol. The first-order valence-electron chi connectivity index (χ1n) is 9.37. The summed E-state index contributed by atoms with van der Waals surface area (Å²) < 4.78 is 5.88. The number of phenols is 1. The molecule has 1 unspecified atom stereocenters. The number of rotatable bonds is 4. The second kappa shape index (κ2) is 5.71. The number of aromatic hydroxyl groups is 1. The lowest BCUT2D eigenvalue weighted by Crippen LogP contribution is -2.64. The van der Waals surface area contributed by atoms with E-state index in [2.05, 4.69) is 25.7 Å². The van der Waals surface area contributed by atoms with Gasteiger partial charge in [-0.15, -0.1) is 0 Å². The van der Waals surface area contributed by atoms with E-state index in [0.717, 1.165) is 30.6 Å². The van der Waals surface area contributed by atoms with Crippen molar-refractivity contribution in [3.63, 3.8) is 0 Å². The van der Waals surface area contributed by atoms with Gasteiger partial charge in [-0.1, -0.05) is 26.8 Å². The summed E-state index contributed by atoms with van der Waals surface area (Å²) >= 11 is 0. The van der Waals surface area contributed by atoms with E-state index >= 15 is 0 Å². The van der Waals surface area contributed by atoms with Crippen LogP contribution in [-0.2, 0) is 11.2 Å². The number of phenolic OH excluding ortho intramolecular Hbond substituents is 1. The van der Waals surface area contributed by atoms with E-state index in [9.17, 15) is 15.0 Å². The minimum absolute atomic E-state index is 0.0313. The van der Waals surface area contributed by atoms with Crippen molar-refractivity contribution < 1.29 is 19.7 Å². The number of hydrogen-bond acceptors (Lipinski definition) is 5. The molecule has 2 aliphatic carbocycles. The number of Topliss-reactive ketones (excluding diaryl/α,β-unsaturated/α-hetero) is 1. The Morgan fingerprint density at radius 3 is 2.84 bits per heavy atom. The van der Waals surface area contributed by atoms with Crippen LogP contribution in [0.2, 0.25) is 0 Å². The zero-order valence-corrected chi connectivity index (χ0v) is 15.2. The van der Waals surface area contributed by atoms with Crippen molar-refractivity contribution in [2.45, 2.75) is 63.7 Å². The van der Waals surface area contributed by atoms with Crippen LogP contribution in [0, 0.1) is 5.92 Å². The maximum Gasteiger partial charge on any atom is 0.174 e. The third-order valence-corrected chi connectivity index (χ3v) is 6.19. The fourth-order valence-electron chi connectivity index (χ4n) is 5.15. The van der Waals surface area contributed by atoms with Crippen LogP contribution in [0.4, 0.5) is 0 Å². The van der Waals surface area contributed by atoms with E-state index in [0.29, 0.717) is 24.5 Å². The molecule has 3 aliphatic rings. The van der Waals surface area contributed by atoms with Gasteiger partial charge in [0.05, 0.1) is 11.5 Å². The van der Waals surface area contributed by atoms with Crippen molar-refractivity contribution in [2.75, 3.05) is 13.1 Å². The molecule has 25 heavy (non-hydrogen) atoms. The van der Waals surface area contributed by atoms with Crippen LogP contribution in [-0.4, -0.2) is 51.7 Å². The molecule has 0 bridgehead atoms. The standard InChI is InChI=1S/C20H27NO4/c1-4-21(10-11(2)3)15-9-12-5-6-13(22)18-16(12)17-19(25-18)14(23)7-8-20(15,17)24/h5-6,11,15,17,19,22,24H,4,7-10H2,1-3H3/t15-,17?,19+,20-/m1/s1. The largest absolute Gasteiger partial charge is 0.504 e. The Labute approximate surface area is 148 Å². The lowest BCUT2D eigenvalue weighted by atomic mass is 9.61. The zero-order chi connectivity index (χ0) is 17.9. The molecule has 1 aliphatic heterocycles. The SMILES string of the molecule is CCN(CC(C)C)[C@@H]1Cc2ccc(O)c3c2C2[C@@H](O3)C(=O)CC[C@]21O. The van der Waals surface area contributed by atoms with Gasteiger partial charge < -0.3 is 14.9 Å². The molecule has 1 aromatic rings. The van der Waals surface area contributed by atoms with Gasteiger partial charge in [0.1, 0.15) is 0 Å². The Balaban J connectivity index is 1.84. The Morgan fingerprint density at radius 1 is 1.40 bits per heavy atom. The zero-order valence-electron chi connectivity index (χ0n) is 15.2. The van der Waals surface area contributed by atoms with Crippen LogP contribution >= 0.6 is 0 Å². The van der Waals surface area contributed by atoms with E-state index in [-0.39, 0.29) is 23.5 Å². The molecular weight excluding hydrogens is 318 g/mol. The van der Waals surface area contributed by atoms with Gasteiger partial charge in [-0.05, 0) is 36.9 Å². The van der Waals surface area contributed by atoms with Crippen LogP contribution in [0.1, 0.15) is 50.7 Å². The number of nitrogens with zero attached hydrogens (tertiary/aromatic N) is 1. The maximum atomic E-state index is 12.5. The van der Waals surface area contributed by atoms with Crippen LogP contribution < -0.4 is 4.74 Å². The van der Waals surface area contributed by atoms with E-state index in [1.165, 1.54) is 0 Å². The number of ketones is 1. The number of hydrogen-bond donors (Lipinski definition) is 2. The van der Waals surface area contributed by atoms with Crippen molar-refractivity contribution in [3.8, 4) is 11.5 Å². The summed E-state index contributed by atoms with van der Waals surface area (Å²) in [6.07, 6.45) is 0.851. The summed E-state index contributed by atoms with van der Waals surface area (Å²) in [4.78, 5) is 14.8. The van der Waals surface area contributed by atoms with Crippen molar-refractivity contribution in [3.05, 3.63) is 23.3 Å². The van der Waals surface area contributed by atoms with Crippen LogP contribution in [0.15, 0.2) is 12.1 Å². The summed E-state index contributed by atoms with van der Waals surface area (Å²) in [5.74, 6) is 0.638. The summed E-state index contributed by atoms with van der Waals surface area (Å²) in [5.41, 5.74) is 0.958. The van der Waals surface area contributed by atoms with Gasteiger partial charge in [0.15, 0.2) is 23.4 Å². The van der Waals surface area contributed by atoms with Gasteiger partial charge in [-0.2, -0.15) is 0 Å². The first kappa shape index (κ1) is 16.9. The predicted molar refractivity (Wildman–Crippen MR) is 94.0 cm³/mol. The Hall–Kier alpha value is -1.59. The second-order valence-electron chi connectivity index (χ2n) is 8.16. The fraction of sp³-hybridized carbons (Fsp3) is 0.650. The van der Waals surface area contributed by atoms with E-state index < -0.39 is 11.7 Å². The normalized spacial score (nSPS) is 32.9. The van der Waals surface area contributed by atoms with Gasteiger partial charge in [0.25, 0.3) is 0 Å². The number of benzene rings is 1. The number of carbonyl (C=O) groups excluding carboxylic acids is 1. The number of carbonyl (C=O) groups is 1. The molecule has 4 atom stereocenters. The smallest absolute Gasteiger partial charge is 0.174 e. The molecule has 5 heteroatoms. The van der Waals surface area contributed by atoms with Gasteiger partial charge in [-0.3, -0.25) is 9.69 Å². The minimum atomic E-state index is -0.991. The molecule has 0 saturated heterocycles. The highest BCUT2D eigenvalue weighted by molar-refractivity contribution is 5.88. The summed E-state index contributed by atoms with van der Waals surface area (Å²) in [6, 6.07) is 3.54. The first-order chi connectivity index (χ1) is 11.9. The van der Waals surface area contributed by atoms with Gasteiger partial charge >= 0.3 is 0 Å². The molecule has 0 amide bonds. The summed E-state index contributed by atoms with van der Waals surface area (Å²) in [5, 5.41) is 22.0. The molecule has 4 rings (SSSR count). The van der Waals surface area contributed by atoms with E-state index in [4.69, 9.17) is 4.74 Å². The molecule has 1 fully saturated rings. The maximum absolute atomic E-state index is 12.5. The average Bonchev–Trinajstić information content (AvgIpc) is 2.99. The number of ether oxygens (including phenoxy) is 1. The topological polar surface area (TPSA) is 70.0 Å². The summed E-state index contributed by atoms with van der Waals surface area (Å²) in [7, 11) is 0. The third-order valence-electron chi connectivity index (χ3n) is 6.19. The third kappa shape index (κ3) is 2.32. The quantitative estimate of drug-likeness (QED) is 0.876. The Bertz CT molecular complexity index is 716. The highest BCUT2D eigenvalue weighted by Crippen LogP contribution is 2.58. The van der Waals surface area contributed by atoms with Crippen molar-refractivity contribution >= 4 is 5.78 Å². The molecule has 1 aromatic carbocycles. The van der Waals surface area contributed by atoms with E-state index in [1.54, 1.807) is 6.07 Å². The highest BCUT2D eigenvalue weighted by atomic mass is 16.5. The molecule has 0 radical (unpaired) electrons. The first-order valence-corrected chi connectivity index (χ1v) is 9.37. The minimum Gasteiger partial charge on any atom is -0.504 e. The fourth-order valence-corrected chi connectivity index (χ4v) is 5.15. The molecule has 5 nitrogen and oxygen atoms in total. The Morgan fingerprint density at radius 2 is 2.16 bits per heavy atom. The highest BCUT2D eigenvalue weighted by Gasteiger charge is 2.61. The number of likely N-dealkylation sites (N-methyl/N-ethyl adjacent to an activating group) is 1. The molecular formula is C20H27NO4. The number of aliphatic hydroxyl groups is 1. The predicted octanol–water partition coefficient (Wildman–Crippen LogP) is 2.23. The van der Waals surface area contributed by atoms with Crippen LogP contribution in [0.3, 0.4) is 0 Å². The van der Waals surface area contributed by atoms with E-state index in [1.807, 2.05) is 6.07 Å². The van der Waals surface area contributed by atoms with Crippen molar-refractivity contribution in [1.29, 1.82) is 0 Å².